The van der Waals surface area contributed by atoms with Crippen molar-refractivity contribution in [3.05, 3.63) is 11.6 Å². The minimum Gasteiger partial charge on any atom is -0.355 e. The number of rotatable bonds is 5. The molecule has 1 heterocycles. The highest BCUT2D eigenvalue weighted by Gasteiger charge is 2.60. The van der Waals surface area contributed by atoms with E-state index in [0.717, 1.165) is 39.3 Å². The van der Waals surface area contributed by atoms with Crippen molar-refractivity contribution in [1.82, 2.24) is 15.1 Å². The molecule has 0 aromatic heterocycles. The monoisotopic (exact) mass is 293 g/mol. The lowest BCUT2D eigenvalue weighted by molar-refractivity contribution is -0.123. The zero-order chi connectivity index (χ0) is 15.6. The largest absolute Gasteiger partial charge is 0.355 e. The summed E-state index contributed by atoms with van der Waals surface area (Å²) in [5.74, 6) is 0.794. The van der Waals surface area contributed by atoms with Crippen molar-refractivity contribution in [3.63, 3.8) is 0 Å². The highest BCUT2D eigenvalue weighted by atomic mass is 16.2. The van der Waals surface area contributed by atoms with E-state index >= 15 is 0 Å². The Bertz CT molecular complexity index is 404. The normalized spacial score (nSPS) is 29.0. The van der Waals surface area contributed by atoms with Crippen molar-refractivity contribution in [2.24, 2.45) is 17.3 Å². The third kappa shape index (κ3) is 4.07. The minimum atomic E-state index is 0.120. The van der Waals surface area contributed by atoms with Gasteiger partial charge >= 0.3 is 0 Å². The number of carbonyl (C=O) groups excluding carboxylic acids is 1. The predicted molar refractivity (Wildman–Crippen MR) is 87.1 cm³/mol. The molecular formula is C17H31N3O. The Morgan fingerprint density at radius 1 is 1.24 bits per heavy atom. The second kappa shape index (κ2) is 6.49. The number of amides is 1. The first-order valence-electron chi connectivity index (χ1n) is 8.16. The lowest BCUT2D eigenvalue weighted by Crippen LogP contribution is -2.47. The SMILES string of the molecule is CC(C)=C[C@H]1[C@@H](C(=O)NCCN2CCN(C)CC2)C1(C)C. The molecule has 0 aromatic carbocycles. The molecule has 1 N–H and O–H groups in total. The molecule has 1 saturated heterocycles. The zero-order valence-corrected chi connectivity index (χ0v) is 14.3. The van der Waals surface area contributed by atoms with E-state index in [1.807, 2.05) is 0 Å². The molecule has 2 rings (SSSR count). The fourth-order valence-electron chi connectivity index (χ4n) is 3.37. The molecule has 4 nitrogen and oxygen atoms in total. The molecule has 0 radical (unpaired) electrons. The van der Waals surface area contributed by atoms with E-state index in [1.54, 1.807) is 0 Å². The van der Waals surface area contributed by atoms with Gasteiger partial charge in [-0.05, 0) is 32.2 Å². The summed E-state index contributed by atoms with van der Waals surface area (Å²) in [5, 5.41) is 3.14. The number of likely N-dealkylation sites (N-methyl/N-ethyl adjacent to an activating group) is 1. The molecular weight excluding hydrogens is 262 g/mol. The zero-order valence-electron chi connectivity index (χ0n) is 14.3. The molecule has 2 aliphatic rings. The van der Waals surface area contributed by atoms with Gasteiger partial charge < -0.3 is 10.2 Å². The first kappa shape index (κ1) is 16.5. The summed E-state index contributed by atoms with van der Waals surface area (Å²) in [6, 6.07) is 0. The Labute approximate surface area is 129 Å². The van der Waals surface area contributed by atoms with Gasteiger partial charge in [0.05, 0.1) is 5.92 Å². The van der Waals surface area contributed by atoms with Crippen LogP contribution in [0.5, 0.6) is 0 Å². The van der Waals surface area contributed by atoms with Crippen LogP contribution >= 0.6 is 0 Å². The van der Waals surface area contributed by atoms with Crippen LogP contribution in [0.1, 0.15) is 27.7 Å². The van der Waals surface area contributed by atoms with Crippen molar-refractivity contribution >= 4 is 5.91 Å². The molecule has 0 aromatic rings. The molecule has 2 atom stereocenters. The molecule has 2 fully saturated rings. The van der Waals surface area contributed by atoms with Crippen LogP contribution < -0.4 is 5.32 Å². The van der Waals surface area contributed by atoms with Crippen molar-refractivity contribution in [2.45, 2.75) is 27.7 Å². The molecule has 4 heteroatoms. The molecule has 0 spiro atoms. The van der Waals surface area contributed by atoms with Crippen LogP contribution in [0.3, 0.4) is 0 Å². The number of hydrogen-bond acceptors (Lipinski definition) is 3. The second-order valence-corrected chi connectivity index (χ2v) is 7.50. The topological polar surface area (TPSA) is 35.6 Å². The fourth-order valence-corrected chi connectivity index (χ4v) is 3.37. The van der Waals surface area contributed by atoms with Crippen LogP contribution in [0.15, 0.2) is 11.6 Å². The van der Waals surface area contributed by atoms with E-state index in [0.29, 0.717) is 5.92 Å². The highest BCUT2D eigenvalue weighted by Crippen LogP contribution is 2.59. The number of allylic oxidation sites excluding steroid dienone is 2. The minimum absolute atomic E-state index is 0.120. The Morgan fingerprint density at radius 2 is 1.86 bits per heavy atom. The Kier molecular flexibility index (Phi) is 5.10. The predicted octanol–water partition coefficient (Wildman–Crippen LogP) is 1.59. The highest BCUT2D eigenvalue weighted by molar-refractivity contribution is 5.83. The third-order valence-corrected chi connectivity index (χ3v) is 5.03. The van der Waals surface area contributed by atoms with Gasteiger partial charge in [-0.15, -0.1) is 0 Å². The maximum Gasteiger partial charge on any atom is 0.224 e. The number of nitrogens with zero attached hydrogens (tertiary/aromatic N) is 2. The van der Waals surface area contributed by atoms with Crippen LogP contribution in [-0.4, -0.2) is 62.0 Å². The van der Waals surface area contributed by atoms with Crippen LogP contribution in [0.4, 0.5) is 0 Å². The van der Waals surface area contributed by atoms with Gasteiger partial charge in [-0.2, -0.15) is 0 Å². The van der Waals surface area contributed by atoms with Crippen molar-refractivity contribution < 1.29 is 4.79 Å². The molecule has 0 unspecified atom stereocenters. The first-order chi connectivity index (χ1) is 9.82. The van der Waals surface area contributed by atoms with Crippen molar-refractivity contribution in [2.75, 3.05) is 46.3 Å². The standard InChI is InChI=1S/C17H31N3O/c1-13(2)12-14-15(17(14,3)4)16(21)18-6-7-20-10-8-19(5)9-11-20/h12,14-15H,6-11H2,1-5H3,(H,18,21)/t14-,15-/m0/s1. The molecule has 120 valence electrons. The van der Waals surface area contributed by atoms with Gasteiger partial charge in [-0.25, -0.2) is 0 Å². The van der Waals surface area contributed by atoms with Crippen LogP contribution in [0.2, 0.25) is 0 Å². The summed E-state index contributed by atoms with van der Waals surface area (Å²) in [5.41, 5.74) is 1.43. The summed E-state index contributed by atoms with van der Waals surface area (Å²) in [6.07, 6.45) is 2.25. The number of piperazine rings is 1. The van der Waals surface area contributed by atoms with E-state index in [9.17, 15) is 4.79 Å². The fraction of sp³-hybridized carbons (Fsp3) is 0.824. The van der Waals surface area contributed by atoms with Gasteiger partial charge in [-0.3, -0.25) is 9.69 Å². The van der Waals surface area contributed by atoms with Crippen LogP contribution in [0.25, 0.3) is 0 Å². The van der Waals surface area contributed by atoms with Gasteiger partial charge in [0, 0.05) is 39.3 Å². The van der Waals surface area contributed by atoms with Crippen molar-refractivity contribution in [1.29, 1.82) is 0 Å². The molecule has 0 bridgehead atoms. The Balaban J connectivity index is 1.72. The summed E-state index contributed by atoms with van der Waals surface area (Å²) in [6.45, 7) is 14.8. The van der Waals surface area contributed by atoms with Gasteiger partial charge in [-0.1, -0.05) is 25.5 Å². The average Bonchev–Trinajstić information content (AvgIpc) is 2.92. The quantitative estimate of drug-likeness (QED) is 0.782. The summed E-state index contributed by atoms with van der Waals surface area (Å²) in [4.78, 5) is 17.1. The number of nitrogens with one attached hydrogen (secondary N) is 1. The summed E-state index contributed by atoms with van der Waals surface area (Å²) < 4.78 is 0. The Morgan fingerprint density at radius 3 is 2.43 bits per heavy atom. The smallest absolute Gasteiger partial charge is 0.224 e. The molecule has 1 saturated carbocycles. The van der Waals surface area contributed by atoms with E-state index in [1.165, 1.54) is 5.57 Å². The first-order valence-corrected chi connectivity index (χ1v) is 8.16. The maximum atomic E-state index is 12.3. The van der Waals surface area contributed by atoms with Gasteiger partial charge in [0.1, 0.15) is 0 Å². The number of carbonyl (C=O) groups is 1. The third-order valence-electron chi connectivity index (χ3n) is 5.03. The van der Waals surface area contributed by atoms with Crippen molar-refractivity contribution in [3.8, 4) is 0 Å². The molecule has 1 aliphatic carbocycles. The lowest BCUT2D eigenvalue weighted by atomic mass is 10.1. The van der Waals surface area contributed by atoms with E-state index in [-0.39, 0.29) is 17.2 Å². The maximum absolute atomic E-state index is 12.3. The lowest BCUT2D eigenvalue weighted by Gasteiger charge is -2.32. The van der Waals surface area contributed by atoms with E-state index in [2.05, 4.69) is 55.9 Å². The van der Waals surface area contributed by atoms with Gasteiger partial charge in [0.2, 0.25) is 5.91 Å². The molecule has 21 heavy (non-hydrogen) atoms. The van der Waals surface area contributed by atoms with Crippen LogP contribution in [-0.2, 0) is 4.79 Å². The Hall–Kier alpha value is -0.870. The van der Waals surface area contributed by atoms with Crippen LogP contribution in [0, 0.1) is 17.3 Å². The van der Waals surface area contributed by atoms with Gasteiger partial charge in [0.15, 0.2) is 0 Å². The molecule has 1 aliphatic heterocycles. The summed E-state index contributed by atoms with van der Waals surface area (Å²) in [7, 11) is 2.16. The molecule has 1 amide bonds. The number of hydrogen-bond donors (Lipinski definition) is 1. The van der Waals surface area contributed by atoms with E-state index in [4.69, 9.17) is 0 Å². The average molecular weight is 293 g/mol. The summed E-state index contributed by atoms with van der Waals surface area (Å²) >= 11 is 0. The van der Waals surface area contributed by atoms with Gasteiger partial charge in [0.25, 0.3) is 0 Å². The second-order valence-electron chi connectivity index (χ2n) is 7.50. The van der Waals surface area contributed by atoms with E-state index < -0.39 is 0 Å².